The lowest BCUT2D eigenvalue weighted by Gasteiger charge is -2.07. The number of sulfonamides is 1. The second-order valence-corrected chi connectivity index (χ2v) is 5.09. The maximum absolute atomic E-state index is 11.1. The van der Waals surface area contributed by atoms with Crippen molar-refractivity contribution in [3.05, 3.63) is 0 Å². The lowest BCUT2D eigenvalue weighted by atomic mass is 10.0. The van der Waals surface area contributed by atoms with Gasteiger partial charge in [-0.3, -0.25) is 0 Å². The van der Waals surface area contributed by atoms with E-state index in [0.717, 1.165) is 0 Å². The smallest absolute Gasteiger partial charge is 0.212 e. The molecule has 1 rings (SSSR count). The van der Waals surface area contributed by atoms with Crippen LogP contribution in [-0.4, -0.2) is 19.7 Å². The first-order chi connectivity index (χ1) is 4.45. The van der Waals surface area contributed by atoms with Gasteiger partial charge in [0.25, 0.3) is 0 Å². The summed E-state index contributed by atoms with van der Waals surface area (Å²) < 4.78 is 24.7. The molecule has 1 N–H and O–H groups in total. The third-order valence-electron chi connectivity index (χ3n) is 2.37. The summed E-state index contributed by atoms with van der Waals surface area (Å²) in [5.74, 6) is 0.227. The van der Waals surface area contributed by atoms with Crippen molar-refractivity contribution >= 4 is 10.0 Å². The van der Waals surface area contributed by atoms with Crippen LogP contribution in [0.5, 0.6) is 0 Å². The Hall–Kier alpha value is -0.0900. The van der Waals surface area contributed by atoms with Crippen LogP contribution < -0.4 is 4.72 Å². The lowest BCUT2D eigenvalue weighted by molar-refractivity contribution is 0.492. The van der Waals surface area contributed by atoms with Gasteiger partial charge in [-0.2, -0.15) is 0 Å². The molecule has 0 spiro atoms. The van der Waals surface area contributed by atoms with Gasteiger partial charge in [0.15, 0.2) is 0 Å². The van der Waals surface area contributed by atoms with Crippen molar-refractivity contribution in [2.75, 3.05) is 0 Å². The predicted molar refractivity (Wildman–Crippen MR) is 40.1 cm³/mol. The van der Waals surface area contributed by atoms with E-state index in [2.05, 4.69) is 4.72 Å². The Morgan fingerprint density at radius 3 is 1.80 bits per heavy atom. The maximum Gasteiger partial charge on any atom is 0.214 e. The molecule has 1 fully saturated rings. The van der Waals surface area contributed by atoms with Crippen molar-refractivity contribution in [3.8, 4) is 0 Å². The quantitative estimate of drug-likeness (QED) is 0.559. The Morgan fingerprint density at radius 2 is 1.70 bits per heavy atom. The molecule has 3 nitrogen and oxygen atoms in total. The summed E-state index contributed by atoms with van der Waals surface area (Å²) in [6, 6.07) is 0.0972. The van der Waals surface area contributed by atoms with E-state index < -0.39 is 10.0 Å². The summed E-state index contributed by atoms with van der Waals surface area (Å²) in [6.07, 6.45) is 0. The summed E-state index contributed by atoms with van der Waals surface area (Å²) >= 11 is 0. The molecule has 4 heteroatoms. The second-order valence-electron chi connectivity index (χ2n) is 3.02. The van der Waals surface area contributed by atoms with E-state index in [9.17, 15) is 8.42 Å². The van der Waals surface area contributed by atoms with Crippen molar-refractivity contribution in [3.63, 3.8) is 0 Å². The van der Waals surface area contributed by atoms with E-state index in [1.165, 1.54) is 0 Å². The largest absolute Gasteiger partial charge is 0.214 e. The van der Waals surface area contributed by atoms with Crippen molar-refractivity contribution in [2.24, 2.45) is 5.92 Å². The van der Waals surface area contributed by atoms with Crippen molar-refractivity contribution in [2.45, 2.75) is 32.1 Å². The molecule has 0 aromatic carbocycles. The normalized spacial score (nSPS) is 45.7. The molecule has 3 atom stereocenters. The van der Waals surface area contributed by atoms with E-state index in [1.807, 2.05) is 13.8 Å². The second kappa shape index (κ2) is 2.20. The summed E-state index contributed by atoms with van der Waals surface area (Å²) in [5, 5.41) is -0.234. The Labute approximate surface area is 61.9 Å². The Kier molecular flexibility index (Phi) is 1.76. The van der Waals surface area contributed by atoms with Gasteiger partial charge >= 0.3 is 0 Å². The van der Waals surface area contributed by atoms with Crippen LogP contribution >= 0.6 is 0 Å². The average molecular weight is 163 g/mol. The van der Waals surface area contributed by atoms with Gasteiger partial charge in [-0.15, -0.1) is 0 Å². The van der Waals surface area contributed by atoms with Crippen molar-refractivity contribution in [1.82, 2.24) is 4.72 Å². The molecule has 10 heavy (non-hydrogen) atoms. The van der Waals surface area contributed by atoms with Crippen LogP contribution in [0.1, 0.15) is 20.8 Å². The number of nitrogens with one attached hydrogen (secondary N) is 1. The summed E-state index contributed by atoms with van der Waals surface area (Å²) in [6.45, 7) is 5.59. The van der Waals surface area contributed by atoms with Crippen LogP contribution in [0.15, 0.2) is 0 Å². The number of hydrogen-bond acceptors (Lipinski definition) is 2. The molecule has 1 aliphatic rings. The zero-order chi connectivity index (χ0) is 7.94. The van der Waals surface area contributed by atoms with Gasteiger partial charge in [0.2, 0.25) is 10.0 Å². The minimum absolute atomic E-state index is 0.0972. The zero-order valence-electron chi connectivity index (χ0n) is 6.46. The van der Waals surface area contributed by atoms with E-state index >= 15 is 0 Å². The maximum atomic E-state index is 11.1. The van der Waals surface area contributed by atoms with Crippen LogP contribution in [0.3, 0.4) is 0 Å². The highest BCUT2D eigenvalue weighted by molar-refractivity contribution is 7.90. The fourth-order valence-electron chi connectivity index (χ4n) is 1.16. The molecular formula is C6H13NO2S. The molecule has 1 saturated heterocycles. The standard InChI is InChI=1S/C6H13NO2S/c1-4-5(2)7-10(8,9)6(4)3/h4-7H,1-3H3. The lowest BCUT2D eigenvalue weighted by Crippen LogP contribution is -2.24. The molecule has 1 heterocycles. The first-order valence-electron chi connectivity index (χ1n) is 3.46. The van der Waals surface area contributed by atoms with Crippen LogP contribution in [-0.2, 0) is 10.0 Å². The highest BCUT2D eigenvalue weighted by atomic mass is 32.2. The summed E-state index contributed by atoms with van der Waals surface area (Å²) in [4.78, 5) is 0. The van der Waals surface area contributed by atoms with E-state index in [-0.39, 0.29) is 17.2 Å². The van der Waals surface area contributed by atoms with Crippen molar-refractivity contribution in [1.29, 1.82) is 0 Å². The van der Waals surface area contributed by atoms with Crippen LogP contribution in [0, 0.1) is 5.92 Å². The van der Waals surface area contributed by atoms with Crippen LogP contribution in [0.2, 0.25) is 0 Å². The summed E-state index contributed by atoms with van der Waals surface area (Å²) in [5.41, 5.74) is 0. The van der Waals surface area contributed by atoms with Crippen LogP contribution in [0.25, 0.3) is 0 Å². The zero-order valence-corrected chi connectivity index (χ0v) is 7.27. The first-order valence-corrected chi connectivity index (χ1v) is 5.01. The average Bonchev–Trinajstić information content (AvgIpc) is 1.95. The van der Waals surface area contributed by atoms with Gasteiger partial charge in [0.05, 0.1) is 5.25 Å². The third kappa shape index (κ3) is 1.06. The number of rotatable bonds is 0. The Balaban J connectivity index is 2.93. The highest BCUT2D eigenvalue weighted by Crippen LogP contribution is 2.22. The van der Waals surface area contributed by atoms with Crippen LogP contribution in [0.4, 0.5) is 0 Å². The minimum Gasteiger partial charge on any atom is -0.212 e. The Bertz CT molecular complexity index is 222. The van der Waals surface area contributed by atoms with E-state index in [0.29, 0.717) is 0 Å². The molecular weight excluding hydrogens is 150 g/mol. The van der Waals surface area contributed by atoms with Gasteiger partial charge < -0.3 is 0 Å². The number of hydrogen-bond donors (Lipinski definition) is 1. The SMILES string of the molecule is CC1NS(=O)(=O)C(C)C1C. The topological polar surface area (TPSA) is 46.2 Å². The third-order valence-corrected chi connectivity index (χ3v) is 4.48. The highest BCUT2D eigenvalue weighted by Gasteiger charge is 2.38. The van der Waals surface area contributed by atoms with Gasteiger partial charge in [-0.05, 0) is 19.8 Å². The fraction of sp³-hybridized carbons (Fsp3) is 1.00. The van der Waals surface area contributed by atoms with E-state index in [1.54, 1.807) is 6.92 Å². The monoisotopic (exact) mass is 163 g/mol. The van der Waals surface area contributed by atoms with Crippen molar-refractivity contribution < 1.29 is 8.42 Å². The summed E-state index contributed by atoms with van der Waals surface area (Å²) in [7, 11) is -2.97. The first kappa shape index (κ1) is 8.01. The molecule has 1 aliphatic heterocycles. The molecule has 3 unspecified atom stereocenters. The van der Waals surface area contributed by atoms with Gasteiger partial charge in [0.1, 0.15) is 0 Å². The molecule has 0 aliphatic carbocycles. The van der Waals surface area contributed by atoms with Gasteiger partial charge in [-0.25, -0.2) is 13.1 Å². The molecule has 0 aromatic heterocycles. The minimum atomic E-state index is -2.97. The molecule has 60 valence electrons. The Morgan fingerprint density at radius 1 is 1.20 bits per heavy atom. The van der Waals surface area contributed by atoms with Gasteiger partial charge in [0, 0.05) is 6.04 Å². The van der Waals surface area contributed by atoms with E-state index in [4.69, 9.17) is 0 Å². The predicted octanol–water partition coefficient (Wildman–Crippen LogP) is 0.333. The van der Waals surface area contributed by atoms with Gasteiger partial charge in [-0.1, -0.05) is 6.92 Å². The molecule has 0 bridgehead atoms. The molecule has 0 saturated carbocycles. The molecule has 0 aromatic rings. The fourth-order valence-corrected chi connectivity index (χ4v) is 2.91. The molecule has 0 amide bonds. The molecule has 0 radical (unpaired) electrons.